The third-order valence-electron chi connectivity index (χ3n) is 2.68. The second-order valence-corrected chi connectivity index (χ2v) is 7.89. The number of hydrogen-bond donors (Lipinski definition) is 1. The smallest absolute Gasteiger partial charge is 0.151 e. The first-order valence-corrected chi connectivity index (χ1v) is 8.00. The summed E-state index contributed by atoms with van der Waals surface area (Å²) in [6.45, 7) is 9.11. The lowest BCUT2D eigenvalue weighted by Gasteiger charge is -2.20. The summed E-state index contributed by atoms with van der Waals surface area (Å²) in [5.41, 5.74) is 1.04. The minimum absolute atomic E-state index is 0.0323. The van der Waals surface area contributed by atoms with Gasteiger partial charge in [-0.1, -0.05) is 6.92 Å². The van der Waals surface area contributed by atoms with Crippen LogP contribution in [0.5, 0.6) is 0 Å². The molecule has 1 N–H and O–H groups in total. The molecule has 1 heterocycles. The highest BCUT2D eigenvalue weighted by Gasteiger charge is 2.12. The Morgan fingerprint density at radius 1 is 1.39 bits per heavy atom. The number of aryl methyl sites for hydroxylation is 1. The summed E-state index contributed by atoms with van der Waals surface area (Å²) in [6, 6.07) is 0. The molecule has 1 aromatic rings. The first kappa shape index (κ1) is 15.2. The van der Waals surface area contributed by atoms with Gasteiger partial charge in [-0.25, -0.2) is 13.4 Å². The van der Waals surface area contributed by atoms with Gasteiger partial charge in [0, 0.05) is 30.6 Å². The van der Waals surface area contributed by atoms with E-state index in [0.717, 1.165) is 5.69 Å². The van der Waals surface area contributed by atoms with Gasteiger partial charge in [-0.05, 0) is 20.8 Å². The van der Waals surface area contributed by atoms with Crippen molar-refractivity contribution in [1.29, 1.82) is 0 Å². The largest absolute Gasteiger partial charge is 0.332 e. The Morgan fingerprint density at radius 3 is 2.61 bits per heavy atom. The fraction of sp³-hybridized carbons (Fsp3) is 0.750. The zero-order valence-corrected chi connectivity index (χ0v) is 12.4. The number of imidazole rings is 1. The Balaban J connectivity index is 2.61. The third kappa shape index (κ3) is 5.18. The maximum Gasteiger partial charge on any atom is 0.151 e. The molecule has 5 nitrogen and oxygen atoms in total. The maximum absolute atomic E-state index is 11.5. The molecule has 0 saturated carbocycles. The molecule has 18 heavy (non-hydrogen) atoms. The summed E-state index contributed by atoms with van der Waals surface area (Å²) in [5.74, 6) is 0.361. The van der Waals surface area contributed by atoms with Crippen LogP contribution in [0.25, 0.3) is 0 Å². The molecule has 0 amide bonds. The highest BCUT2D eigenvalue weighted by atomic mass is 32.2. The molecule has 0 bridgehead atoms. The molecule has 0 unspecified atom stereocenters. The minimum Gasteiger partial charge on any atom is -0.332 e. The Bertz CT molecular complexity index is 472. The number of hydrogen-bond acceptors (Lipinski definition) is 4. The van der Waals surface area contributed by atoms with Crippen LogP contribution in [-0.4, -0.2) is 35.0 Å². The van der Waals surface area contributed by atoms with Crippen LogP contribution >= 0.6 is 0 Å². The first-order valence-electron chi connectivity index (χ1n) is 6.18. The number of nitrogens with zero attached hydrogens (tertiary/aromatic N) is 2. The molecule has 0 aliphatic carbocycles. The van der Waals surface area contributed by atoms with E-state index in [2.05, 4.69) is 31.1 Å². The van der Waals surface area contributed by atoms with Crippen LogP contribution in [0.3, 0.4) is 0 Å². The molecule has 0 aromatic carbocycles. The summed E-state index contributed by atoms with van der Waals surface area (Å²) in [6.07, 6.45) is 3.46. The molecule has 0 radical (unpaired) electrons. The van der Waals surface area contributed by atoms with Gasteiger partial charge >= 0.3 is 0 Å². The van der Waals surface area contributed by atoms with Crippen LogP contribution in [0.1, 0.15) is 33.4 Å². The predicted octanol–water partition coefficient (Wildman–Crippen LogP) is 1.21. The van der Waals surface area contributed by atoms with Crippen molar-refractivity contribution in [2.75, 3.05) is 11.5 Å². The van der Waals surface area contributed by atoms with Crippen LogP contribution in [0.2, 0.25) is 0 Å². The molecule has 6 heteroatoms. The van der Waals surface area contributed by atoms with Crippen molar-refractivity contribution in [1.82, 2.24) is 14.9 Å². The number of rotatable bonds is 6. The Hall–Kier alpha value is -0.880. The van der Waals surface area contributed by atoms with Gasteiger partial charge in [0.2, 0.25) is 0 Å². The van der Waals surface area contributed by atoms with Gasteiger partial charge in [0.05, 0.1) is 17.8 Å². The van der Waals surface area contributed by atoms with Crippen LogP contribution in [0.15, 0.2) is 12.5 Å². The lowest BCUT2D eigenvalue weighted by atomic mass is 10.1. The zero-order chi connectivity index (χ0) is 13.8. The molecular formula is C12H23N3O2S. The second-order valence-electron chi connectivity index (χ2n) is 5.42. The summed E-state index contributed by atoms with van der Waals surface area (Å²) in [7, 11) is -2.92. The average Bonchev–Trinajstić information content (AvgIpc) is 2.70. The Morgan fingerprint density at radius 2 is 2.06 bits per heavy atom. The van der Waals surface area contributed by atoms with E-state index in [-0.39, 0.29) is 17.0 Å². The van der Waals surface area contributed by atoms with Gasteiger partial charge in [0.15, 0.2) is 9.84 Å². The topological polar surface area (TPSA) is 64.0 Å². The Kier molecular flexibility index (Phi) is 4.92. The second kappa shape index (κ2) is 5.84. The maximum atomic E-state index is 11.5. The van der Waals surface area contributed by atoms with E-state index in [9.17, 15) is 8.42 Å². The van der Waals surface area contributed by atoms with Crippen molar-refractivity contribution in [2.24, 2.45) is 0 Å². The fourth-order valence-electron chi connectivity index (χ4n) is 1.43. The summed E-state index contributed by atoms with van der Waals surface area (Å²) in [5, 5.41) is 3.37. The summed E-state index contributed by atoms with van der Waals surface area (Å²) < 4.78 is 24.8. The summed E-state index contributed by atoms with van der Waals surface area (Å²) in [4.78, 5) is 4.08. The Labute approximate surface area is 110 Å². The zero-order valence-electron chi connectivity index (χ0n) is 11.6. The van der Waals surface area contributed by atoms with E-state index in [1.165, 1.54) is 0 Å². The van der Waals surface area contributed by atoms with E-state index < -0.39 is 9.84 Å². The van der Waals surface area contributed by atoms with E-state index in [1.54, 1.807) is 19.4 Å². The molecule has 0 aliphatic rings. The molecule has 0 aliphatic heterocycles. The molecule has 0 atom stereocenters. The minimum atomic E-state index is -2.92. The number of nitrogens with one attached hydrogen (secondary N) is 1. The van der Waals surface area contributed by atoms with E-state index in [4.69, 9.17) is 0 Å². The predicted molar refractivity (Wildman–Crippen MR) is 73.1 cm³/mol. The normalized spacial score (nSPS) is 12.9. The van der Waals surface area contributed by atoms with Gasteiger partial charge in [0.25, 0.3) is 0 Å². The van der Waals surface area contributed by atoms with Crippen LogP contribution < -0.4 is 5.32 Å². The van der Waals surface area contributed by atoms with Crippen molar-refractivity contribution < 1.29 is 8.42 Å². The number of sulfone groups is 1. The van der Waals surface area contributed by atoms with Crippen molar-refractivity contribution in [3.8, 4) is 0 Å². The van der Waals surface area contributed by atoms with E-state index >= 15 is 0 Å². The molecule has 0 spiro atoms. The van der Waals surface area contributed by atoms with Crippen molar-refractivity contribution in [3.05, 3.63) is 18.2 Å². The lowest BCUT2D eigenvalue weighted by molar-refractivity contribution is 0.416. The molecule has 104 valence electrons. The monoisotopic (exact) mass is 273 g/mol. The molecular weight excluding hydrogens is 250 g/mol. The van der Waals surface area contributed by atoms with Crippen molar-refractivity contribution >= 4 is 9.84 Å². The lowest BCUT2D eigenvalue weighted by Crippen LogP contribution is -2.35. The SMILES string of the molecule is CCS(=O)(=O)CCn1cncc1CNC(C)(C)C. The number of aromatic nitrogens is 2. The molecule has 0 fully saturated rings. The van der Waals surface area contributed by atoms with Crippen molar-refractivity contribution in [2.45, 2.75) is 46.3 Å². The van der Waals surface area contributed by atoms with E-state index in [1.807, 2.05) is 4.57 Å². The highest BCUT2D eigenvalue weighted by molar-refractivity contribution is 7.91. The fourth-order valence-corrected chi connectivity index (χ4v) is 2.20. The molecule has 1 aromatic heterocycles. The van der Waals surface area contributed by atoms with Gasteiger partial charge in [-0.2, -0.15) is 0 Å². The average molecular weight is 273 g/mol. The summed E-state index contributed by atoms with van der Waals surface area (Å²) >= 11 is 0. The van der Waals surface area contributed by atoms with Gasteiger partial charge in [-0.3, -0.25) is 0 Å². The highest BCUT2D eigenvalue weighted by Crippen LogP contribution is 2.05. The van der Waals surface area contributed by atoms with Gasteiger partial charge < -0.3 is 9.88 Å². The van der Waals surface area contributed by atoms with Crippen LogP contribution in [0.4, 0.5) is 0 Å². The molecule has 0 saturated heterocycles. The van der Waals surface area contributed by atoms with Crippen LogP contribution in [-0.2, 0) is 22.9 Å². The molecule has 1 rings (SSSR count). The van der Waals surface area contributed by atoms with Crippen LogP contribution in [0, 0.1) is 0 Å². The first-order chi connectivity index (χ1) is 8.23. The van der Waals surface area contributed by atoms with E-state index in [0.29, 0.717) is 13.1 Å². The van der Waals surface area contributed by atoms with Gasteiger partial charge in [-0.15, -0.1) is 0 Å². The quantitative estimate of drug-likeness (QED) is 0.846. The third-order valence-corrected chi connectivity index (χ3v) is 4.37. The van der Waals surface area contributed by atoms with Crippen molar-refractivity contribution in [3.63, 3.8) is 0 Å². The standard InChI is InChI=1S/C12H23N3O2S/c1-5-18(16,17)7-6-15-10-13-8-11(15)9-14-12(2,3)4/h8,10,14H,5-7,9H2,1-4H3. The van der Waals surface area contributed by atoms with Gasteiger partial charge in [0.1, 0.15) is 0 Å².